The Balaban J connectivity index is 2.46. The Bertz CT molecular complexity index is 655. The minimum absolute atomic E-state index is 0.0488. The second-order valence-corrected chi connectivity index (χ2v) is 5.83. The fourth-order valence-corrected chi connectivity index (χ4v) is 2.37. The van der Waals surface area contributed by atoms with Crippen LogP contribution < -0.4 is 5.32 Å². The predicted octanol–water partition coefficient (Wildman–Crippen LogP) is 4.15. The monoisotopic (exact) mass is 454 g/mol. The summed E-state index contributed by atoms with van der Waals surface area (Å²) in [6.07, 6.45) is 1.17. The van der Waals surface area contributed by atoms with Gasteiger partial charge in [-0.3, -0.25) is 10.1 Å². The number of nitro groups is 1. The lowest BCUT2D eigenvalue weighted by atomic mass is 10.3. The van der Waals surface area contributed by atoms with Gasteiger partial charge >= 0.3 is 5.69 Å². The highest BCUT2D eigenvalue weighted by Gasteiger charge is 2.22. The Labute approximate surface area is 135 Å². The predicted molar refractivity (Wildman–Crippen MR) is 83.8 cm³/mol. The Kier molecular flexibility index (Phi) is 4.53. The van der Waals surface area contributed by atoms with Crippen LogP contribution in [0.2, 0.25) is 5.15 Å². The summed E-state index contributed by atoms with van der Waals surface area (Å²) in [6.45, 7) is 0. The van der Waals surface area contributed by atoms with E-state index in [0.717, 1.165) is 8.04 Å². The summed E-state index contributed by atoms with van der Waals surface area (Å²) in [5, 5.41) is 13.6. The number of nitrogens with one attached hydrogen (secondary N) is 1. The van der Waals surface area contributed by atoms with E-state index in [1.54, 1.807) is 0 Å². The average molecular weight is 455 g/mol. The molecule has 9 heteroatoms. The van der Waals surface area contributed by atoms with Crippen molar-refractivity contribution in [2.24, 2.45) is 0 Å². The summed E-state index contributed by atoms with van der Waals surface area (Å²) in [7, 11) is 0. The number of halogens is 3. The molecule has 0 spiro atoms. The Morgan fingerprint density at radius 2 is 2.16 bits per heavy atom. The van der Waals surface area contributed by atoms with Crippen molar-refractivity contribution in [1.29, 1.82) is 0 Å². The Hall–Kier alpha value is -1.000. The van der Waals surface area contributed by atoms with Crippen molar-refractivity contribution in [2.45, 2.75) is 0 Å². The highest BCUT2D eigenvalue weighted by Crippen LogP contribution is 2.33. The standard InChI is InChI=1S/C10H5BrClIN4O2/c11-6-2-1-5(13)3-7(6)16-10-8(17(18)19)9(12)14-4-15-10/h1-4H,(H,14,15,16). The molecule has 0 aliphatic heterocycles. The smallest absolute Gasteiger partial charge is 0.333 e. The molecule has 0 atom stereocenters. The largest absolute Gasteiger partial charge is 0.348 e. The lowest BCUT2D eigenvalue weighted by Crippen LogP contribution is -2.02. The zero-order valence-corrected chi connectivity index (χ0v) is 13.6. The van der Waals surface area contributed by atoms with Gasteiger partial charge in [0, 0.05) is 8.04 Å². The van der Waals surface area contributed by atoms with Crippen LogP contribution in [-0.2, 0) is 0 Å². The van der Waals surface area contributed by atoms with E-state index >= 15 is 0 Å². The van der Waals surface area contributed by atoms with Crippen LogP contribution in [0.25, 0.3) is 0 Å². The summed E-state index contributed by atoms with van der Waals surface area (Å²) in [4.78, 5) is 17.8. The van der Waals surface area contributed by atoms with Crippen molar-refractivity contribution in [3.8, 4) is 0 Å². The molecule has 2 rings (SSSR count). The van der Waals surface area contributed by atoms with Crippen molar-refractivity contribution >= 4 is 67.3 Å². The number of rotatable bonds is 3. The minimum Gasteiger partial charge on any atom is -0.333 e. The molecular formula is C10H5BrClIN4O2. The van der Waals surface area contributed by atoms with Gasteiger partial charge in [0.25, 0.3) is 0 Å². The maximum atomic E-state index is 11.0. The van der Waals surface area contributed by atoms with E-state index in [0.29, 0.717) is 5.69 Å². The normalized spacial score (nSPS) is 10.3. The topological polar surface area (TPSA) is 81.0 Å². The molecule has 0 saturated carbocycles. The summed E-state index contributed by atoms with van der Waals surface area (Å²) < 4.78 is 1.74. The molecule has 0 aliphatic rings. The Morgan fingerprint density at radius 1 is 1.42 bits per heavy atom. The quantitative estimate of drug-likeness (QED) is 0.326. The zero-order valence-electron chi connectivity index (χ0n) is 9.10. The fraction of sp³-hybridized carbons (Fsp3) is 0. The summed E-state index contributed by atoms with van der Waals surface area (Å²) in [5.74, 6) is 0.0488. The second-order valence-electron chi connectivity index (χ2n) is 3.37. The van der Waals surface area contributed by atoms with Gasteiger partial charge < -0.3 is 5.32 Å². The maximum absolute atomic E-state index is 11.0. The van der Waals surface area contributed by atoms with E-state index in [-0.39, 0.29) is 16.7 Å². The fourth-order valence-electron chi connectivity index (χ4n) is 1.33. The molecule has 19 heavy (non-hydrogen) atoms. The van der Waals surface area contributed by atoms with Crippen LogP contribution in [0.3, 0.4) is 0 Å². The first-order valence-corrected chi connectivity index (χ1v) is 7.11. The van der Waals surface area contributed by atoms with Crippen LogP contribution in [0.4, 0.5) is 17.2 Å². The molecule has 98 valence electrons. The van der Waals surface area contributed by atoms with Gasteiger partial charge in [-0.15, -0.1) is 0 Å². The molecule has 0 saturated heterocycles. The van der Waals surface area contributed by atoms with Gasteiger partial charge in [0.05, 0.1) is 10.6 Å². The third-order valence-electron chi connectivity index (χ3n) is 2.14. The Morgan fingerprint density at radius 3 is 2.84 bits per heavy atom. The van der Waals surface area contributed by atoms with E-state index in [1.165, 1.54) is 6.33 Å². The molecule has 1 heterocycles. The van der Waals surface area contributed by atoms with Crippen molar-refractivity contribution in [3.05, 3.63) is 47.8 Å². The van der Waals surface area contributed by atoms with Gasteiger partial charge in [-0.25, -0.2) is 9.97 Å². The highest BCUT2D eigenvalue weighted by atomic mass is 127. The second kappa shape index (κ2) is 5.97. The van der Waals surface area contributed by atoms with Crippen LogP contribution >= 0.6 is 50.1 Å². The molecule has 0 aliphatic carbocycles. The molecule has 1 aromatic heterocycles. The van der Waals surface area contributed by atoms with E-state index in [2.05, 4.69) is 53.8 Å². The molecule has 2 aromatic rings. The summed E-state index contributed by atoms with van der Waals surface area (Å²) >= 11 is 11.2. The molecule has 0 radical (unpaired) electrons. The number of hydrogen-bond donors (Lipinski definition) is 1. The van der Waals surface area contributed by atoms with Crippen LogP contribution in [0.1, 0.15) is 0 Å². The molecule has 1 N–H and O–H groups in total. The van der Waals surface area contributed by atoms with Gasteiger partial charge in [0.15, 0.2) is 0 Å². The first-order valence-electron chi connectivity index (χ1n) is 4.86. The molecule has 0 fully saturated rings. The van der Waals surface area contributed by atoms with E-state index in [9.17, 15) is 10.1 Å². The van der Waals surface area contributed by atoms with Gasteiger partial charge in [0.2, 0.25) is 11.0 Å². The SMILES string of the molecule is O=[N+]([O-])c1c(Cl)ncnc1Nc1cc(I)ccc1Br. The number of hydrogen-bond acceptors (Lipinski definition) is 5. The number of benzene rings is 1. The van der Waals surface area contributed by atoms with Crippen LogP contribution in [0, 0.1) is 13.7 Å². The molecule has 0 amide bonds. The lowest BCUT2D eigenvalue weighted by Gasteiger charge is -2.08. The van der Waals surface area contributed by atoms with E-state index in [1.807, 2.05) is 18.2 Å². The van der Waals surface area contributed by atoms with Gasteiger partial charge in [0.1, 0.15) is 6.33 Å². The molecule has 0 unspecified atom stereocenters. The van der Waals surface area contributed by atoms with Gasteiger partial charge in [-0.05, 0) is 56.7 Å². The highest BCUT2D eigenvalue weighted by molar-refractivity contribution is 14.1. The third-order valence-corrected chi connectivity index (χ3v) is 3.78. The molecular weight excluding hydrogens is 450 g/mol. The first kappa shape index (κ1) is 14.4. The number of anilines is 2. The summed E-state index contributed by atoms with van der Waals surface area (Å²) in [6, 6.07) is 5.56. The van der Waals surface area contributed by atoms with Gasteiger partial charge in [-0.1, -0.05) is 11.6 Å². The third kappa shape index (κ3) is 3.31. The van der Waals surface area contributed by atoms with Crippen molar-refractivity contribution in [2.75, 3.05) is 5.32 Å². The number of aromatic nitrogens is 2. The lowest BCUT2D eigenvalue weighted by molar-refractivity contribution is -0.384. The van der Waals surface area contributed by atoms with E-state index in [4.69, 9.17) is 11.6 Å². The van der Waals surface area contributed by atoms with Crippen molar-refractivity contribution in [1.82, 2.24) is 9.97 Å². The number of nitrogens with zero attached hydrogens (tertiary/aromatic N) is 3. The van der Waals surface area contributed by atoms with Crippen LogP contribution in [-0.4, -0.2) is 14.9 Å². The molecule has 1 aromatic carbocycles. The van der Waals surface area contributed by atoms with Crippen LogP contribution in [0.5, 0.6) is 0 Å². The van der Waals surface area contributed by atoms with Crippen molar-refractivity contribution < 1.29 is 4.92 Å². The van der Waals surface area contributed by atoms with E-state index < -0.39 is 4.92 Å². The molecule has 0 bridgehead atoms. The molecule has 6 nitrogen and oxygen atoms in total. The van der Waals surface area contributed by atoms with Crippen LogP contribution in [0.15, 0.2) is 29.0 Å². The van der Waals surface area contributed by atoms with Crippen molar-refractivity contribution in [3.63, 3.8) is 0 Å². The summed E-state index contributed by atoms with van der Waals surface area (Å²) in [5.41, 5.74) is 0.305. The minimum atomic E-state index is -0.619. The maximum Gasteiger partial charge on any atom is 0.348 e. The average Bonchev–Trinajstić information content (AvgIpc) is 2.33. The zero-order chi connectivity index (χ0) is 14.0. The van der Waals surface area contributed by atoms with Gasteiger partial charge in [-0.2, -0.15) is 0 Å². The first-order chi connectivity index (χ1) is 8.99.